The number of ketones is 1. The predicted molar refractivity (Wildman–Crippen MR) is 62.4 cm³/mol. The molecule has 0 fully saturated rings. The van der Waals surface area contributed by atoms with Crippen LogP contribution in [0.15, 0.2) is 42.7 Å². The number of rotatable bonds is 3. The van der Waals surface area contributed by atoms with Crippen molar-refractivity contribution < 1.29 is 4.79 Å². The van der Waals surface area contributed by atoms with Gasteiger partial charge >= 0.3 is 0 Å². The fourth-order valence-electron chi connectivity index (χ4n) is 1.77. The zero-order valence-corrected chi connectivity index (χ0v) is 9.42. The third-order valence-electron chi connectivity index (χ3n) is 2.72. The number of hydrogen-bond acceptors (Lipinski definition) is 2. The molecule has 0 saturated carbocycles. The van der Waals surface area contributed by atoms with Crippen LogP contribution in [0.3, 0.4) is 0 Å². The number of aryl methyl sites for hydroxylation is 1. The molecular formula is C13H14N2O. The Hall–Kier alpha value is -1.90. The van der Waals surface area contributed by atoms with Crippen LogP contribution in [0.25, 0.3) is 0 Å². The SMILES string of the molecule is Cc1nccn1C(C)C(=O)c1ccccc1. The molecule has 1 atom stereocenters. The lowest BCUT2D eigenvalue weighted by Gasteiger charge is -2.13. The fraction of sp³-hybridized carbons (Fsp3) is 0.231. The van der Waals surface area contributed by atoms with Crippen LogP contribution in [0.2, 0.25) is 0 Å². The van der Waals surface area contributed by atoms with Gasteiger partial charge < -0.3 is 4.57 Å². The molecule has 16 heavy (non-hydrogen) atoms. The van der Waals surface area contributed by atoms with Crippen LogP contribution in [0, 0.1) is 6.92 Å². The molecule has 2 rings (SSSR count). The Labute approximate surface area is 94.7 Å². The van der Waals surface area contributed by atoms with Gasteiger partial charge in [-0.05, 0) is 13.8 Å². The van der Waals surface area contributed by atoms with E-state index in [0.717, 1.165) is 11.4 Å². The molecule has 1 aromatic carbocycles. The molecule has 82 valence electrons. The second-order valence-corrected chi connectivity index (χ2v) is 3.79. The van der Waals surface area contributed by atoms with Gasteiger partial charge in [0.2, 0.25) is 0 Å². The monoisotopic (exact) mass is 214 g/mol. The Bertz CT molecular complexity index is 488. The van der Waals surface area contributed by atoms with E-state index in [4.69, 9.17) is 0 Å². The van der Waals surface area contributed by atoms with Crippen molar-refractivity contribution in [2.75, 3.05) is 0 Å². The summed E-state index contributed by atoms with van der Waals surface area (Å²) in [4.78, 5) is 16.3. The molecule has 1 aromatic heterocycles. The van der Waals surface area contributed by atoms with Gasteiger partial charge in [-0.15, -0.1) is 0 Å². The smallest absolute Gasteiger partial charge is 0.185 e. The quantitative estimate of drug-likeness (QED) is 0.736. The van der Waals surface area contributed by atoms with Crippen molar-refractivity contribution in [1.82, 2.24) is 9.55 Å². The molecule has 3 heteroatoms. The van der Waals surface area contributed by atoms with Gasteiger partial charge in [-0.25, -0.2) is 4.98 Å². The molecule has 2 aromatic rings. The van der Waals surface area contributed by atoms with Gasteiger partial charge in [-0.2, -0.15) is 0 Å². The van der Waals surface area contributed by atoms with E-state index in [-0.39, 0.29) is 11.8 Å². The number of Topliss-reactive ketones (excluding diaryl/α,β-unsaturated/α-hetero) is 1. The van der Waals surface area contributed by atoms with Crippen molar-refractivity contribution in [2.24, 2.45) is 0 Å². The number of benzene rings is 1. The highest BCUT2D eigenvalue weighted by atomic mass is 16.1. The molecule has 3 nitrogen and oxygen atoms in total. The third-order valence-corrected chi connectivity index (χ3v) is 2.72. The first-order chi connectivity index (χ1) is 7.70. The second kappa shape index (κ2) is 4.31. The summed E-state index contributed by atoms with van der Waals surface area (Å²) in [5, 5.41) is 0. The first-order valence-electron chi connectivity index (χ1n) is 5.29. The maximum atomic E-state index is 12.1. The van der Waals surface area contributed by atoms with Crippen LogP contribution in [0.4, 0.5) is 0 Å². The van der Waals surface area contributed by atoms with Crippen LogP contribution in [-0.4, -0.2) is 15.3 Å². The van der Waals surface area contributed by atoms with Crippen molar-refractivity contribution in [2.45, 2.75) is 19.9 Å². The summed E-state index contributed by atoms with van der Waals surface area (Å²) in [6.07, 6.45) is 3.55. The summed E-state index contributed by atoms with van der Waals surface area (Å²) in [5.41, 5.74) is 0.739. The molecular weight excluding hydrogens is 200 g/mol. The summed E-state index contributed by atoms with van der Waals surface area (Å²) < 4.78 is 1.88. The van der Waals surface area contributed by atoms with Crippen molar-refractivity contribution in [3.63, 3.8) is 0 Å². The molecule has 1 unspecified atom stereocenters. The highest BCUT2D eigenvalue weighted by molar-refractivity contribution is 5.98. The zero-order chi connectivity index (χ0) is 11.5. The average molecular weight is 214 g/mol. The molecule has 0 N–H and O–H groups in total. The zero-order valence-electron chi connectivity index (χ0n) is 9.42. The largest absolute Gasteiger partial charge is 0.325 e. The molecule has 0 bridgehead atoms. The Balaban J connectivity index is 2.27. The Morgan fingerprint density at radius 1 is 1.31 bits per heavy atom. The summed E-state index contributed by atoms with van der Waals surface area (Å²) in [7, 11) is 0. The molecule has 0 aliphatic heterocycles. The Morgan fingerprint density at radius 3 is 2.56 bits per heavy atom. The highest BCUT2D eigenvalue weighted by Gasteiger charge is 2.17. The summed E-state index contributed by atoms with van der Waals surface area (Å²) >= 11 is 0. The number of aromatic nitrogens is 2. The molecule has 0 spiro atoms. The lowest BCUT2D eigenvalue weighted by molar-refractivity contribution is 0.0933. The van der Waals surface area contributed by atoms with Gasteiger partial charge in [-0.1, -0.05) is 30.3 Å². The van der Waals surface area contributed by atoms with Crippen LogP contribution >= 0.6 is 0 Å². The van der Waals surface area contributed by atoms with Crippen molar-refractivity contribution >= 4 is 5.78 Å². The lowest BCUT2D eigenvalue weighted by Crippen LogP contribution is -2.17. The maximum absolute atomic E-state index is 12.1. The van der Waals surface area contributed by atoms with E-state index in [0.29, 0.717) is 0 Å². The molecule has 0 saturated heterocycles. The summed E-state index contributed by atoms with van der Waals surface area (Å²) in [6, 6.07) is 9.13. The minimum Gasteiger partial charge on any atom is -0.325 e. The summed E-state index contributed by atoms with van der Waals surface area (Å²) in [6.45, 7) is 3.79. The number of carbonyl (C=O) groups excluding carboxylic acids is 1. The molecule has 0 aliphatic rings. The normalized spacial score (nSPS) is 12.4. The highest BCUT2D eigenvalue weighted by Crippen LogP contribution is 2.15. The average Bonchev–Trinajstić information content (AvgIpc) is 2.75. The first-order valence-corrected chi connectivity index (χ1v) is 5.29. The van der Waals surface area contributed by atoms with Gasteiger partial charge in [-0.3, -0.25) is 4.79 Å². The maximum Gasteiger partial charge on any atom is 0.185 e. The van der Waals surface area contributed by atoms with Crippen molar-refractivity contribution in [3.05, 3.63) is 54.1 Å². The van der Waals surface area contributed by atoms with Crippen LogP contribution in [0.5, 0.6) is 0 Å². The van der Waals surface area contributed by atoms with E-state index < -0.39 is 0 Å². The molecule has 0 amide bonds. The second-order valence-electron chi connectivity index (χ2n) is 3.79. The molecule has 0 aliphatic carbocycles. The van der Waals surface area contributed by atoms with E-state index in [1.165, 1.54) is 0 Å². The number of nitrogens with zero attached hydrogens (tertiary/aromatic N) is 2. The van der Waals surface area contributed by atoms with Crippen molar-refractivity contribution in [3.8, 4) is 0 Å². The Kier molecular flexibility index (Phi) is 2.86. The van der Waals surface area contributed by atoms with E-state index in [1.807, 2.05) is 54.9 Å². The molecule has 1 heterocycles. The molecule has 0 radical (unpaired) electrons. The number of hydrogen-bond donors (Lipinski definition) is 0. The van der Waals surface area contributed by atoms with Crippen LogP contribution < -0.4 is 0 Å². The van der Waals surface area contributed by atoms with E-state index in [2.05, 4.69) is 4.98 Å². The number of carbonyl (C=O) groups is 1. The van der Waals surface area contributed by atoms with E-state index in [1.54, 1.807) is 6.20 Å². The van der Waals surface area contributed by atoms with Gasteiger partial charge in [0, 0.05) is 18.0 Å². The first kappa shape index (κ1) is 10.6. The standard InChI is InChI=1S/C13H14N2O/c1-10(15-9-8-14-11(15)2)13(16)12-6-4-3-5-7-12/h3-10H,1-2H3. The lowest BCUT2D eigenvalue weighted by atomic mass is 10.1. The van der Waals surface area contributed by atoms with Crippen LogP contribution in [-0.2, 0) is 0 Å². The minimum absolute atomic E-state index is 0.113. The van der Waals surface area contributed by atoms with Gasteiger partial charge in [0.05, 0.1) is 6.04 Å². The summed E-state index contributed by atoms with van der Waals surface area (Å²) in [5.74, 6) is 0.971. The van der Waals surface area contributed by atoms with Gasteiger partial charge in [0.15, 0.2) is 5.78 Å². The Morgan fingerprint density at radius 2 is 2.00 bits per heavy atom. The van der Waals surface area contributed by atoms with Gasteiger partial charge in [0.1, 0.15) is 5.82 Å². The minimum atomic E-state index is -0.204. The third kappa shape index (κ3) is 1.89. The van der Waals surface area contributed by atoms with Crippen LogP contribution in [0.1, 0.15) is 29.1 Å². The predicted octanol–water partition coefficient (Wildman–Crippen LogP) is 2.64. The topological polar surface area (TPSA) is 34.9 Å². The van der Waals surface area contributed by atoms with Crippen molar-refractivity contribution in [1.29, 1.82) is 0 Å². The van der Waals surface area contributed by atoms with Gasteiger partial charge in [0.25, 0.3) is 0 Å². The fourth-order valence-corrected chi connectivity index (χ4v) is 1.77. The van der Waals surface area contributed by atoms with E-state index in [9.17, 15) is 4.79 Å². The number of imidazole rings is 1. The van der Waals surface area contributed by atoms with E-state index >= 15 is 0 Å².